The van der Waals surface area contributed by atoms with Crippen LogP contribution in [0.5, 0.6) is 0 Å². The zero-order valence-electron chi connectivity index (χ0n) is 46.0. The Morgan fingerprint density at radius 3 is 1.00 bits per heavy atom. The summed E-state index contributed by atoms with van der Waals surface area (Å²) in [5.74, 6) is -4.55. The third-order valence-electron chi connectivity index (χ3n) is 9.75. The van der Waals surface area contributed by atoms with Crippen LogP contribution in [0.2, 0.25) is 0 Å². The van der Waals surface area contributed by atoms with E-state index < -0.39 is 122 Å². The van der Waals surface area contributed by atoms with Crippen molar-refractivity contribution in [3.63, 3.8) is 0 Å². The SMILES string of the molecule is CC(C)(C)OC(=O)NC(C)(C)c1cc(C(=O)O)cc(C(F)(F)F)c1.CC(C)(C)OC(=O)c1cc(Br)cc(C(F)(F)F)c1.CC(C)(C)OC(=O)c1cc(C(C)(C)O)cc(C(F)(F)F)c1.CC(C)(N)c1cc(C(=O)O)cc(C(F)(F)F)c1. The van der Waals surface area contributed by atoms with Gasteiger partial charge < -0.3 is 40.6 Å². The minimum Gasteiger partial charge on any atom is -0.478 e. The minimum atomic E-state index is -4.71. The molecule has 0 unspecified atom stereocenters. The van der Waals surface area contributed by atoms with Crippen molar-refractivity contribution >= 4 is 45.9 Å². The van der Waals surface area contributed by atoms with E-state index in [-0.39, 0.29) is 32.3 Å². The molecule has 0 aromatic heterocycles. The van der Waals surface area contributed by atoms with Crippen molar-refractivity contribution in [3.8, 4) is 0 Å². The Morgan fingerprint density at radius 2 is 0.688 bits per heavy atom. The van der Waals surface area contributed by atoms with Crippen LogP contribution in [-0.2, 0) is 55.6 Å². The summed E-state index contributed by atoms with van der Waals surface area (Å²) in [5.41, 5.74) is -5.66. The predicted octanol–water partition coefficient (Wildman–Crippen LogP) is 15.1. The summed E-state index contributed by atoms with van der Waals surface area (Å²) in [6, 6.07) is 10.8. The summed E-state index contributed by atoms with van der Waals surface area (Å²) in [7, 11) is 0. The number of hydrogen-bond acceptors (Lipinski definition) is 10. The van der Waals surface area contributed by atoms with E-state index in [0.717, 1.165) is 48.5 Å². The first-order valence-electron chi connectivity index (χ1n) is 23.3. The standard InChI is InChI=1S/C16H20F3NO4.C15H19F3O3.C12H12BrF3O2.C11H12F3NO2/c1-14(2,3)24-13(23)20-15(4,5)10-6-9(12(21)22)7-11(8-10)16(17,18)19;1-13(2,3)21-12(19)9-6-10(14(4,5)20)8-11(7-9)15(16,17)18;1-11(2,3)18-10(17)7-4-8(12(14,15)16)6-9(13)5-7;1-10(2,15)7-3-6(9(16)17)4-8(5-7)11(12,13)14/h6-8H,1-5H3,(H,20,23)(H,21,22);6-8,20H,1-5H3;4-6H,1-3H3;3-5H,15H2,1-2H3,(H,16,17). The molecular weight excluding hydrogens is 1160 g/mol. The van der Waals surface area contributed by atoms with Gasteiger partial charge in [-0.15, -0.1) is 0 Å². The van der Waals surface area contributed by atoms with Crippen LogP contribution < -0.4 is 11.1 Å². The van der Waals surface area contributed by atoms with Crippen molar-refractivity contribution in [2.24, 2.45) is 5.73 Å². The highest BCUT2D eigenvalue weighted by atomic mass is 79.9. The number of nitrogens with two attached hydrogens (primary N) is 1. The number of ether oxygens (including phenoxy) is 3. The minimum absolute atomic E-state index is 0.000541. The Bertz CT molecular complexity index is 2800. The Balaban J connectivity index is 0.000000538. The topological polar surface area (TPSA) is 212 Å². The van der Waals surface area contributed by atoms with Gasteiger partial charge in [0.1, 0.15) is 16.8 Å². The molecule has 0 fully saturated rings. The molecule has 4 aromatic carbocycles. The van der Waals surface area contributed by atoms with Crippen LogP contribution in [0.15, 0.2) is 77.3 Å². The number of nitrogens with one attached hydrogen (secondary N) is 1. The quantitative estimate of drug-likeness (QED) is 0.0634. The zero-order chi connectivity index (χ0) is 63.1. The zero-order valence-corrected chi connectivity index (χ0v) is 47.6. The van der Waals surface area contributed by atoms with Crippen LogP contribution in [-0.4, -0.2) is 62.1 Å². The van der Waals surface area contributed by atoms with Crippen molar-refractivity contribution in [2.45, 2.75) is 162 Å². The second-order valence-electron chi connectivity index (χ2n) is 22.3. The van der Waals surface area contributed by atoms with Crippen molar-refractivity contribution in [1.29, 1.82) is 0 Å². The maximum atomic E-state index is 13.0. The van der Waals surface area contributed by atoms with Gasteiger partial charge in [0.2, 0.25) is 0 Å². The summed E-state index contributed by atoms with van der Waals surface area (Å²) < 4.78 is 168. The first-order valence-corrected chi connectivity index (χ1v) is 24.1. The number of aromatic carboxylic acids is 2. The molecule has 80 heavy (non-hydrogen) atoms. The predicted molar refractivity (Wildman–Crippen MR) is 273 cm³/mol. The number of carboxylic acids is 2. The number of halogens is 13. The van der Waals surface area contributed by atoms with Gasteiger partial charge in [-0.1, -0.05) is 15.9 Å². The van der Waals surface area contributed by atoms with E-state index in [4.69, 9.17) is 30.2 Å². The summed E-state index contributed by atoms with van der Waals surface area (Å²) in [6.45, 7) is 23.4. The van der Waals surface area contributed by atoms with Crippen LogP contribution in [0.3, 0.4) is 0 Å². The Labute approximate surface area is 462 Å². The normalized spacial score (nSPS) is 12.7. The maximum absolute atomic E-state index is 13.0. The van der Waals surface area contributed by atoms with Gasteiger partial charge in [-0.25, -0.2) is 24.0 Å². The fourth-order valence-electron chi connectivity index (χ4n) is 6.00. The van der Waals surface area contributed by atoms with Crippen molar-refractivity contribution in [1.82, 2.24) is 5.32 Å². The van der Waals surface area contributed by atoms with E-state index in [1.807, 2.05) is 0 Å². The molecule has 6 N–H and O–H groups in total. The smallest absolute Gasteiger partial charge is 0.416 e. The number of carbonyl (C=O) groups excluding carboxylic acids is 3. The van der Waals surface area contributed by atoms with Crippen LogP contribution in [0.1, 0.15) is 184 Å². The average Bonchev–Trinajstić information content (AvgIpc) is 3.22. The van der Waals surface area contributed by atoms with Crippen LogP contribution >= 0.6 is 15.9 Å². The van der Waals surface area contributed by atoms with Gasteiger partial charge in [0, 0.05) is 10.0 Å². The van der Waals surface area contributed by atoms with Crippen LogP contribution in [0.25, 0.3) is 0 Å². The second kappa shape index (κ2) is 25.6. The summed E-state index contributed by atoms with van der Waals surface area (Å²) in [5, 5.41) is 30.1. The lowest BCUT2D eigenvalue weighted by Gasteiger charge is -2.29. The summed E-state index contributed by atoms with van der Waals surface area (Å²) >= 11 is 2.95. The molecule has 446 valence electrons. The fraction of sp³-hybridized carbons (Fsp3) is 0.463. The average molecular weight is 1220 g/mol. The lowest BCUT2D eigenvalue weighted by atomic mass is 9.91. The maximum Gasteiger partial charge on any atom is 0.416 e. The van der Waals surface area contributed by atoms with Gasteiger partial charge in [-0.3, -0.25) is 0 Å². The largest absolute Gasteiger partial charge is 0.478 e. The first kappa shape index (κ1) is 71.6. The highest BCUT2D eigenvalue weighted by Crippen LogP contribution is 2.37. The van der Waals surface area contributed by atoms with Gasteiger partial charge in [0.15, 0.2) is 0 Å². The lowest BCUT2D eigenvalue weighted by molar-refractivity contribution is -0.138. The van der Waals surface area contributed by atoms with Gasteiger partial charge in [0.05, 0.1) is 55.6 Å². The number of rotatable bonds is 8. The first-order chi connectivity index (χ1) is 35.3. The molecule has 0 saturated carbocycles. The Hall–Kier alpha value is -6.41. The molecule has 0 bridgehead atoms. The molecule has 0 saturated heterocycles. The monoisotopic (exact) mass is 1220 g/mol. The molecule has 1 amide bonds. The molecule has 4 aromatic rings. The van der Waals surface area contributed by atoms with E-state index >= 15 is 0 Å². The molecule has 0 aliphatic rings. The van der Waals surface area contributed by atoms with Crippen LogP contribution in [0, 0.1) is 0 Å². The van der Waals surface area contributed by atoms with Crippen LogP contribution in [0.4, 0.5) is 57.5 Å². The van der Waals surface area contributed by atoms with E-state index in [9.17, 15) is 81.8 Å². The van der Waals surface area contributed by atoms with Gasteiger partial charge in [-0.05, 0) is 193 Å². The summed E-state index contributed by atoms with van der Waals surface area (Å²) in [6.07, 6.45) is -19.2. The van der Waals surface area contributed by atoms with E-state index in [1.54, 1.807) is 62.3 Å². The fourth-order valence-corrected chi connectivity index (χ4v) is 6.49. The van der Waals surface area contributed by atoms with E-state index in [2.05, 4.69) is 21.2 Å². The number of alkyl halides is 12. The molecule has 0 spiro atoms. The van der Waals surface area contributed by atoms with E-state index in [0.29, 0.717) is 12.1 Å². The van der Waals surface area contributed by atoms with Crippen molar-refractivity contribution in [3.05, 3.63) is 138 Å². The molecule has 0 aliphatic heterocycles. The number of alkyl carbamates (subject to hydrolysis) is 1. The molecule has 26 heteroatoms. The molecule has 0 heterocycles. The molecule has 4 rings (SSSR count). The highest BCUT2D eigenvalue weighted by Gasteiger charge is 2.38. The number of carboxylic acid groups (broad SMARTS) is 2. The lowest BCUT2D eigenvalue weighted by Crippen LogP contribution is -2.44. The van der Waals surface area contributed by atoms with Gasteiger partial charge >= 0.3 is 54.7 Å². The highest BCUT2D eigenvalue weighted by molar-refractivity contribution is 9.10. The molecule has 0 radical (unpaired) electrons. The number of hydrogen-bond donors (Lipinski definition) is 5. The number of esters is 2. The third kappa shape index (κ3) is 24.9. The Morgan fingerprint density at radius 1 is 0.412 bits per heavy atom. The number of aliphatic hydroxyl groups is 1. The van der Waals surface area contributed by atoms with E-state index in [1.165, 1.54) is 53.7 Å². The second-order valence-corrected chi connectivity index (χ2v) is 23.2. The molecule has 0 atom stereocenters. The molecular formula is C54H63BrF12N2O11. The molecule has 0 aliphatic carbocycles. The number of amides is 1. The summed E-state index contributed by atoms with van der Waals surface area (Å²) in [4.78, 5) is 57.3. The molecule has 13 nitrogen and oxygen atoms in total. The Kier molecular flexibility index (Phi) is 22.9. The number of benzene rings is 4. The van der Waals surface area contributed by atoms with Gasteiger partial charge in [0.25, 0.3) is 0 Å². The van der Waals surface area contributed by atoms with Crippen molar-refractivity contribution < 1.29 is 106 Å². The van der Waals surface area contributed by atoms with Gasteiger partial charge in [-0.2, -0.15) is 52.7 Å². The number of carbonyl (C=O) groups is 5. The van der Waals surface area contributed by atoms with Crippen molar-refractivity contribution in [2.75, 3.05) is 0 Å². The third-order valence-corrected chi connectivity index (χ3v) is 10.2.